The molecule has 0 amide bonds. The van der Waals surface area contributed by atoms with Gasteiger partial charge in [0.15, 0.2) is 12.2 Å². The van der Waals surface area contributed by atoms with Crippen LogP contribution in [0.4, 0.5) is 0 Å². The SMILES string of the molecule is CCCCCCCCCCCCCCCCCCCCCCCC(=O)O[C@H](COC(=O)CCCCCCCCCCCCCCCCC(C)CC)COP(=O)(O)OC[C@@H](O)COP(=O)(O)OC[C@@H](COC(=O)CCCCCCCCC(C)CC)OC(=O)CCCCCCCCCCCCCCCCCC. The lowest BCUT2D eigenvalue weighted by Gasteiger charge is -2.21. The van der Waals surface area contributed by atoms with Gasteiger partial charge < -0.3 is 33.8 Å². The summed E-state index contributed by atoms with van der Waals surface area (Å²) in [7, 11) is -9.93. The summed E-state index contributed by atoms with van der Waals surface area (Å²) < 4.78 is 68.9. The predicted molar refractivity (Wildman–Crippen MR) is 432 cm³/mol. The number of hydrogen-bond acceptors (Lipinski definition) is 15. The fraction of sp³-hybridized carbons (Fsp3) is 0.953. The molecule has 0 aromatic rings. The van der Waals surface area contributed by atoms with E-state index in [0.717, 1.165) is 108 Å². The summed E-state index contributed by atoms with van der Waals surface area (Å²) in [4.78, 5) is 73.2. The van der Waals surface area contributed by atoms with E-state index >= 15 is 0 Å². The topological polar surface area (TPSA) is 237 Å². The van der Waals surface area contributed by atoms with Crippen molar-refractivity contribution in [3.8, 4) is 0 Å². The van der Waals surface area contributed by atoms with Crippen LogP contribution < -0.4 is 0 Å². The van der Waals surface area contributed by atoms with Gasteiger partial charge in [-0.1, -0.05) is 408 Å². The zero-order valence-corrected chi connectivity index (χ0v) is 70.8. The van der Waals surface area contributed by atoms with Crippen molar-refractivity contribution in [2.75, 3.05) is 39.6 Å². The van der Waals surface area contributed by atoms with Gasteiger partial charge in [-0.15, -0.1) is 0 Å². The Morgan fingerprint density at radius 3 is 0.676 bits per heavy atom. The summed E-state index contributed by atoms with van der Waals surface area (Å²) in [6, 6.07) is 0. The first-order chi connectivity index (χ1) is 50.9. The first-order valence-electron chi connectivity index (χ1n) is 44.6. The molecule has 624 valence electrons. The molecule has 0 saturated carbocycles. The third kappa shape index (κ3) is 77.2. The quantitative estimate of drug-likeness (QED) is 0.0222. The van der Waals surface area contributed by atoms with E-state index < -0.39 is 97.5 Å². The monoisotopic (exact) mass is 1540 g/mol. The third-order valence-corrected chi connectivity index (χ3v) is 22.8. The first kappa shape index (κ1) is 103. The maximum Gasteiger partial charge on any atom is 0.472 e. The second kappa shape index (κ2) is 77.4. The van der Waals surface area contributed by atoms with Crippen molar-refractivity contribution in [2.24, 2.45) is 11.8 Å². The van der Waals surface area contributed by atoms with Gasteiger partial charge in [-0.25, -0.2) is 9.13 Å². The van der Waals surface area contributed by atoms with Crippen LogP contribution in [0, 0.1) is 11.8 Å². The number of ether oxygens (including phenoxy) is 4. The van der Waals surface area contributed by atoms with Crippen LogP contribution in [-0.2, 0) is 65.4 Å². The maximum atomic E-state index is 13.1. The van der Waals surface area contributed by atoms with E-state index in [0.29, 0.717) is 25.7 Å². The summed E-state index contributed by atoms with van der Waals surface area (Å²) in [6.07, 6.45) is 69.4. The molecule has 3 N–H and O–H groups in total. The summed E-state index contributed by atoms with van der Waals surface area (Å²) in [6.45, 7) is 9.69. The minimum atomic E-state index is -4.97. The molecule has 4 unspecified atom stereocenters. The van der Waals surface area contributed by atoms with Crippen molar-refractivity contribution < 1.29 is 80.2 Å². The lowest BCUT2D eigenvalue weighted by atomic mass is 9.99. The number of carbonyl (C=O) groups is 4. The summed E-state index contributed by atoms with van der Waals surface area (Å²) in [5.41, 5.74) is 0. The Balaban J connectivity index is 5.23. The Morgan fingerprint density at radius 2 is 0.457 bits per heavy atom. The van der Waals surface area contributed by atoms with Gasteiger partial charge in [0.25, 0.3) is 0 Å². The number of aliphatic hydroxyl groups is 1. The summed E-state index contributed by atoms with van der Waals surface area (Å²) >= 11 is 0. The van der Waals surface area contributed by atoms with Crippen LogP contribution in [-0.4, -0.2) is 96.7 Å². The Hall–Kier alpha value is -1.94. The molecule has 0 aromatic heterocycles. The minimum Gasteiger partial charge on any atom is -0.462 e. The molecule has 0 heterocycles. The standard InChI is InChI=1S/C86H168O17P2/c1-7-11-13-15-17-19-21-23-25-27-28-29-30-31-33-39-43-47-51-59-65-70-85(90)102-81(74-96-83(88)68-62-56-49-45-41-37-35-34-36-40-44-48-54-60-66-78(5)9-3)76-100-104(92,93)98-72-80(87)73-99-105(94,95)101-77-82(75-97-84(89)69-63-57-53-52-55-61-67-79(6)10-4)103-86(91)71-64-58-50-46-42-38-32-26-24-22-20-18-16-14-12-8-2/h78-82,87H,7-77H2,1-6H3,(H,92,93)(H,94,95)/t78?,79?,80-,81-,82-/m1/s1. The van der Waals surface area contributed by atoms with E-state index in [-0.39, 0.29) is 25.7 Å². The number of unbranched alkanes of at least 4 members (excludes halogenated alkanes) is 53. The molecule has 0 saturated heterocycles. The predicted octanol–water partition coefficient (Wildman–Crippen LogP) is 26.2. The van der Waals surface area contributed by atoms with Crippen LogP contribution in [0.3, 0.4) is 0 Å². The second-order valence-corrected chi connectivity index (χ2v) is 34.3. The molecule has 0 aliphatic heterocycles. The van der Waals surface area contributed by atoms with E-state index in [1.807, 2.05) is 0 Å². The van der Waals surface area contributed by atoms with Gasteiger partial charge in [-0.3, -0.25) is 37.3 Å². The van der Waals surface area contributed by atoms with Crippen LogP contribution in [0.2, 0.25) is 0 Å². The Morgan fingerprint density at radius 1 is 0.267 bits per heavy atom. The lowest BCUT2D eigenvalue weighted by molar-refractivity contribution is -0.161. The largest absolute Gasteiger partial charge is 0.472 e. The Bertz CT molecular complexity index is 2010. The number of phosphoric ester groups is 2. The van der Waals surface area contributed by atoms with Gasteiger partial charge in [0.05, 0.1) is 26.4 Å². The highest BCUT2D eigenvalue weighted by molar-refractivity contribution is 7.47. The molecule has 0 aromatic carbocycles. The molecule has 7 atom stereocenters. The van der Waals surface area contributed by atoms with Crippen molar-refractivity contribution in [3.05, 3.63) is 0 Å². The molecular formula is C86H168O17P2. The van der Waals surface area contributed by atoms with Gasteiger partial charge in [0.2, 0.25) is 0 Å². The molecule has 19 heteroatoms. The third-order valence-electron chi connectivity index (χ3n) is 20.9. The molecule has 105 heavy (non-hydrogen) atoms. The highest BCUT2D eigenvalue weighted by Crippen LogP contribution is 2.45. The van der Waals surface area contributed by atoms with Crippen LogP contribution in [0.5, 0.6) is 0 Å². The number of carbonyl (C=O) groups excluding carboxylic acids is 4. The van der Waals surface area contributed by atoms with E-state index in [9.17, 15) is 43.2 Å². The van der Waals surface area contributed by atoms with Crippen molar-refractivity contribution >= 4 is 39.5 Å². The second-order valence-electron chi connectivity index (χ2n) is 31.4. The van der Waals surface area contributed by atoms with Crippen LogP contribution in [0.15, 0.2) is 0 Å². The zero-order valence-electron chi connectivity index (χ0n) is 69.0. The number of esters is 4. The molecule has 0 aliphatic rings. The number of rotatable bonds is 85. The van der Waals surface area contributed by atoms with Gasteiger partial charge in [-0.2, -0.15) is 0 Å². The van der Waals surface area contributed by atoms with Crippen LogP contribution in [0.25, 0.3) is 0 Å². The average molecular weight is 1540 g/mol. The smallest absolute Gasteiger partial charge is 0.462 e. The average Bonchev–Trinajstić information content (AvgIpc) is 0.908. The molecular weight excluding hydrogens is 1370 g/mol. The maximum absolute atomic E-state index is 13.1. The number of aliphatic hydroxyl groups excluding tert-OH is 1. The Labute approximate surface area is 645 Å². The first-order valence-corrected chi connectivity index (χ1v) is 47.6. The summed E-state index contributed by atoms with van der Waals surface area (Å²) in [5.74, 6) is -0.522. The zero-order chi connectivity index (χ0) is 77.1. The summed E-state index contributed by atoms with van der Waals surface area (Å²) in [5, 5.41) is 10.7. The molecule has 0 rings (SSSR count). The van der Waals surface area contributed by atoms with Crippen LogP contribution >= 0.6 is 15.6 Å². The van der Waals surface area contributed by atoms with Crippen molar-refractivity contribution in [1.82, 2.24) is 0 Å². The van der Waals surface area contributed by atoms with E-state index in [2.05, 4.69) is 41.5 Å². The van der Waals surface area contributed by atoms with E-state index in [4.69, 9.17) is 37.0 Å². The molecule has 17 nitrogen and oxygen atoms in total. The molecule has 0 bridgehead atoms. The normalized spacial score (nSPS) is 14.3. The van der Waals surface area contributed by atoms with Crippen LogP contribution in [0.1, 0.15) is 459 Å². The highest BCUT2D eigenvalue weighted by Gasteiger charge is 2.30. The fourth-order valence-electron chi connectivity index (χ4n) is 13.4. The van der Waals surface area contributed by atoms with E-state index in [1.165, 1.54) is 270 Å². The fourth-order valence-corrected chi connectivity index (χ4v) is 14.9. The van der Waals surface area contributed by atoms with E-state index in [1.54, 1.807) is 0 Å². The molecule has 0 radical (unpaired) electrons. The van der Waals surface area contributed by atoms with Gasteiger partial charge >= 0.3 is 39.5 Å². The molecule has 0 aliphatic carbocycles. The lowest BCUT2D eigenvalue weighted by Crippen LogP contribution is -2.30. The van der Waals surface area contributed by atoms with Gasteiger partial charge in [-0.05, 0) is 37.5 Å². The van der Waals surface area contributed by atoms with Crippen molar-refractivity contribution in [3.63, 3.8) is 0 Å². The van der Waals surface area contributed by atoms with Gasteiger partial charge in [0, 0.05) is 25.7 Å². The number of phosphoric acid groups is 2. The highest BCUT2D eigenvalue weighted by atomic mass is 31.2. The van der Waals surface area contributed by atoms with Crippen molar-refractivity contribution in [2.45, 2.75) is 477 Å². The molecule has 0 spiro atoms. The minimum absolute atomic E-state index is 0.108. The number of hydrogen-bond donors (Lipinski definition) is 3. The van der Waals surface area contributed by atoms with Gasteiger partial charge in [0.1, 0.15) is 19.3 Å². The van der Waals surface area contributed by atoms with Crippen molar-refractivity contribution in [1.29, 1.82) is 0 Å². The molecule has 0 fully saturated rings. The Kier molecular flexibility index (Phi) is 76.0.